The molecule has 2 heterocycles. The number of amides is 1. The second kappa shape index (κ2) is 12.5. The molecule has 4 N–H and O–H groups in total. The van der Waals surface area contributed by atoms with Crippen LogP contribution in [-0.4, -0.2) is 60.3 Å². The number of hydrogen-bond acceptors (Lipinski definition) is 9. The Labute approximate surface area is 229 Å². The Balaban J connectivity index is 1.81. The monoisotopic (exact) mass is 581 g/mol. The number of carbonyl (C=O) groups is 1. The quantitative estimate of drug-likeness (QED) is 0.267. The normalized spacial score (nSPS) is 12.6. The smallest absolute Gasteiger partial charge is 0.394 e. The Kier molecular flexibility index (Phi) is 9.52. The van der Waals surface area contributed by atoms with Gasteiger partial charge in [0.15, 0.2) is 0 Å². The van der Waals surface area contributed by atoms with E-state index in [1.807, 2.05) is 13.8 Å². The van der Waals surface area contributed by atoms with Crippen LogP contribution in [-0.2, 0) is 22.7 Å². The standard InChI is InChI=1S/C25H30F3N7O4S/c1-15(2)20(14-36)33-23(37)16-7-9-18(10-8-16)32-24-31-13-19(25(26,27)28)21(34-24)30-12-17-6-5-11-29-22(17)35(3)40(4,38)39/h5-11,13,15,20,36H,12,14H2,1-4H3,(H,33,37)(H2,30,31,32,34). The van der Waals surface area contributed by atoms with Gasteiger partial charge >= 0.3 is 6.18 Å². The maximum absolute atomic E-state index is 13.7. The lowest BCUT2D eigenvalue weighted by Gasteiger charge is -2.20. The Hall–Kier alpha value is -3.98. The van der Waals surface area contributed by atoms with Crippen molar-refractivity contribution in [2.75, 3.05) is 34.8 Å². The minimum Gasteiger partial charge on any atom is -0.394 e. The largest absolute Gasteiger partial charge is 0.421 e. The molecule has 0 saturated heterocycles. The molecule has 40 heavy (non-hydrogen) atoms. The van der Waals surface area contributed by atoms with E-state index in [2.05, 4.69) is 30.9 Å². The third-order valence-electron chi connectivity index (χ3n) is 5.92. The summed E-state index contributed by atoms with van der Waals surface area (Å²) < 4.78 is 65.9. The molecule has 1 aromatic carbocycles. The maximum Gasteiger partial charge on any atom is 0.421 e. The van der Waals surface area contributed by atoms with Crippen molar-refractivity contribution >= 4 is 39.2 Å². The lowest BCUT2D eigenvalue weighted by Crippen LogP contribution is -2.41. The third kappa shape index (κ3) is 7.79. The van der Waals surface area contributed by atoms with E-state index in [-0.39, 0.29) is 36.7 Å². The first-order valence-corrected chi connectivity index (χ1v) is 13.9. The first kappa shape index (κ1) is 30.6. The highest BCUT2D eigenvalue weighted by Gasteiger charge is 2.35. The summed E-state index contributed by atoms with van der Waals surface area (Å²) >= 11 is 0. The molecule has 0 radical (unpaired) electrons. The molecule has 1 unspecified atom stereocenters. The van der Waals surface area contributed by atoms with Crippen LogP contribution in [0.4, 0.5) is 36.4 Å². The molecule has 1 amide bonds. The van der Waals surface area contributed by atoms with Crippen LogP contribution in [0.3, 0.4) is 0 Å². The van der Waals surface area contributed by atoms with Crippen molar-refractivity contribution in [1.82, 2.24) is 20.3 Å². The van der Waals surface area contributed by atoms with Gasteiger partial charge in [-0.2, -0.15) is 18.2 Å². The van der Waals surface area contributed by atoms with Gasteiger partial charge in [-0.3, -0.25) is 9.10 Å². The second-order valence-electron chi connectivity index (χ2n) is 9.23. The Bertz CT molecular complexity index is 1440. The number of aliphatic hydroxyl groups is 1. The number of anilines is 4. The van der Waals surface area contributed by atoms with E-state index in [0.29, 0.717) is 23.0 Å². The summed E-state index contributed by atoms with van der Waals surface area (Å²) in [5, 5.41) is 17.6. The molecule has 2 aromatic heterocycles. The van der Waals surface area contributed by atoms with Crippen LogP contribution in [0.25, 0.3) is 0 Å². The summed E-state index contributed by atoms with van der Waals surface area (Å²) in [5.41, 5.74) is -0.0529. The molecular weight excluding hydrogens is 551 g/mol. The van der Waals surface area contributed by atoms with E-state index in [1.54, 1.807) is 0 Å². The van der Waals surface area contributed by atoms with Gasteiger partial charge in [-0.1, -0.05) is 19.9 Å². The van der Waals surface area contributed by atoms with Crippen molar-refractivity contribution in [2.45, 2.75) is 32.6 Å². The highest BCUT2D eigenvalue weighted by Crippen LogP contribution is 2.34. The van der Waals surface area contributed by atoms with Crippen LogP contribution in [0, 0.1) is 5.92 Å². The number of alkyl halides is 3. The van der Waals surface area contributed by atoms with E-state index >= 15 is 0 Å². The van der Waals surface area contributed by atoms with Gasteiger partial charge < -0.3 is 21.1 Å². The van der Waals surface area contributed by atoms with Gasteiger partial charge in [-0.15, -0.1) is 0 Å². The van der Waals surface area contributed by atoms with Crippen LogP contribution >= 0.6 is 0 Å². The molecule has 15 heteroatoms. The number of sulfonamides is 1. The summed E-state index contributed by atoms with van der Waals surface area (Å²) in [7, 11) is -2.37. The fourth-order valence-electron chi connectivity index (χ4n) is 3.48. The van der Waals surface area contributed by atoms with Crippen molar-refractivity contribution in [3.63, 3.8) is 0 Å². The number of halogens is 3. The van der Waals surface area contributed by atoms with Gasteiger partial charge in [0, 0.05) is 42.8 Å². The fourth-order valence-corrected chi connectivity index (χ4v) is 3.96. The van der Waals surface area contributed by atoms with E-state index < -0.39 is 33.6 Å². The average Bonchev–Trinajstić information content (AvgIpc) is 2.89. The molecule has 0 fully saturated rings. The number of nitrogens with one attached hydrogen (secondary N) is 3. The third-order valence-corrected chi connectivity index (χ3v) is 7.09. The molecule has 0 aliphatic heterocycles. The minimum atomic E-state index is -4.76. The molecule has 0 spiro atoms. The predicted molar refractivity (Wildman–Crippen MR) is 145 cm³/mol. The van der Waals surface area contributed by atoms with E-state index in [1.165, 1.54) is 49.6 Å². The molecule has 0 aliphatic carbocycles. The Morgan fingerprint density at radius 3 is 2.38 bits per heavy atom. The first-order valence-electron chi connectivity index (χ1n) is 12.1. The van der Waals surface area contributed by atoms with Crippen LogP contribution in [0.15, 0.2) is 48.8 Å². The summed E-state index contributed by atoms with van der Waals surface area (Å²) in [6, 6.07) is 8.75. The number of aliphatic hydroxyl groups excluding tert-OH is 1. The Morgan fingerprint density at radius 2 is 1.80 bits per heavy atom. The molecule has 11 nitrogen and oxygen atoms in total. The lowest BCUT2D eigenvalue weighted by molar-refractivity contribution is -0.137. The van der Waals surface area contributed by atoms with Crippen molar-refractivity contribution < 1.29 is 31.5 Å². The first-order chi connectivity index (χ1) is 18.7. The zero-order valence-corrected chi connectivity index (χ0v) is 23.0. The minimum absolute atomic E-state index is 0.0276. The summed E-state index contributed by atoms with van der Waals surface area (Å²) in [4.78, 5) is 24.3. The van der Waals surface area contributed by atoms with Crippen molar-refractivity contribution in [3.05, 3.63) is 65.5 Å². The van der Waals surface area contributed by atoms with E-state index in [9.17, 15) is 31.5 Å². The van der Waals surface area contributed by atoms with Gasteiger partial charge in [0.25, 0.3) is 5.91 Å². The van der Waals surface area contributed by atoms with E-state index in [4.69, 9.17) is 0 Å². The number of pyridine rings is 1. The molecule has 0 aliphatic rings. The van der Waals surface area contributed by atoms with E-state index in [0.717, 1.165) is 10.6 Å². The van der Waals surface area contributed by atoms with Crippen LogP contribution in [0.5, 0.6) is 0 Å². The number of aromatic nitrogens is 3. The molecule has 3 rings (SSSR count). The van der Waals surface area contributed by atoms with Crippen LogP contribution in [0.2, 0.25) is 0 Å². The predicted octanol–water partition coefficient (Wildman–Crippen LogP) is 3.39. The van der Waals surface area contributed by atoms with Gasteiger partial charge in [0.05, 0.1) is 18.9 Å². The zero-order chi connectivity index (χ0) is 29.7. The molecule has 0 saturated carbocycles. The number of rotatable bonds is 11. The van der Waals surface area contributed by atoms with Gasteiger partial charge in [0.1, 0.15) is 17.2 Å². The lowest BCUT2D eigenvalue weighted by atomic mass is 10.0. The molecular formula is C25H30F3N7O4S. The van der Waals surface area contributed by atoms with Crippen molar-refractivity contribution in [2.24, 2.45) is 5.92 Å². The number of carbonyl (C=O) groups excluding carboxylic acids is 1. The fraction of sp³-hybridized carbons (Fsp3) is 0.360. The summed E-state index contributed by atoms with van der Waals surface area (Å²) in [6.45, 7) is 3.31. The SMILES string of the molecule is CC(C)C(CO)NC(=O)c1ccc(Nc2ncc(C(F)(F)F)c(NCc3cccnc3N(C)S(C)(=O)=O)n2)cc1. The van der Waals surface area contributed by atoms with Crippen molar-refractivity contribution in [1.29, 1.82) is 0 Å². The number of benzene rings is 1. The number of hydrogen-bond donors (Lipinski definition) is 4. The van der Waals surface area contributed by atoms with Gasteiger partial charge in [-0.25, -0.2) is 18.4 Å². The average molecular weight is 582 g/mol. The van der Waals surface area contributed by atoms with Gasteiger partial charge in [0.2, 0.25) is 16.0 Å². The summed E-state index contributed by atoms with van der Waals surface area (Å²) in [5.74, 6) is -0.969. The molecule has 216 valence electrons. The summed E-state index contributed by atoms with van der Waals surface area (Å²) in [6.07, 6.45) is -1.77. The highest BCUT2D eigenvalue weighted by molar-refractivity contribution is 7.92. The van der Waals surface area contributed by atoms with Crippen LogP contribution < -0.4 is 20.3 Å². The van der Waals surface area contributed by atoms with Crippen molar-refractivity contribution in [3.8, 4) is 0 Å². The molecule has 1 atom stereocenters. The topological polar surface area (TPSA) is 149 Å². The Morgan fingerprint density at radius 1 is 1.12 bits per heavy atom. The zero-order valence-electron chi connectivity index (χ0n) is 22.2. The highest BCUT2D eigenvalue weighted by atomic mass is 32.2. The van der Waals surface area contributed by atoms with Gasteiger partial charge in [-0.05, 0) is 36.2 Å². The molecule has 3 aromatic rings. The second-order valence-corrected chi connectivity index (χ2v) is 11.2. The number of nitrogens with zero attached hydrogens (tertiary/aromatic N) is 4. The van der Waals surface area contributed by atoms with Crippen LogP contribution in [0.1, 0.15) is 35.3 Å². The maximum atomic E-state index is 13.7. The molecule has 0 bridgehead atoms.